The quantitative estimate of drug-likeness (QED) is 0.192. The fraction of sp³-hybridized carbons (Fsp3) is 0.559. The predicted molar refractivity (Wildman–Crippen MR) is 167 cm³/mol. The summed E-state index contributed by atoms with van der Waals surface area (Å²) in [7, 11) is 0. The van der Waals surface area contributed by atoms with Crippen molar-refractivity contribution >= 4 is 17.9 Å². The number of carbonyl (C=O) groups is 3. The number of unbranched alkanes of at least 4 members (excludes halogenated alkanes) is 4. The van der Waals surface area contributed by atoms with E-state index in [1.165, 1.54) is 11.0 Å². The summed E-state index contributed by atoms with van der Waals surface area (Å²) in [6.45, 7) is 11.7. The summed E-state index contributed by atoms with van der Waals surface area (Å²) < 4.78 is 5.51. The van der Waals surface area contributed by atoms with Crippen LogP contribution in [0.4, 0.5) is 4.79 Å². The zero-order valence-corrected chi connectivity index (χ0v) is 26.3. The van der Waals surface area contributed by atoms with E-state index >= 15 is 0 Å². The smallest absolute Gasteiger partial charge is 0.408 e. The van der Waals surface area contributed by atoms with E-state index in [2.05, 4.69) is 17.6 Å². The molecule has 3 atom stereocenters. The Bertz CT molecular complexity index is 1120. The lowest BCUT2D eigenvalue weighted by Gasteiger charge is -2.35. The lowest BCUT2D eigenvalue weighted by Crippen LogP contribution is -2.54. The number of aromatic hydroxyl groups is 1. The fourth-order valence-corrected chi connectivity index (χ4v) is 4.95. The minimum absolute atomic E-state index is 0.0655. The molecule has 2 rings (SSSR count). The number of rotatable bonds is 16. The van der Waals surface area contributed by atoms with Gasteiger partial charge in [-0.1, -0.05) is 94.5 Å². The average molecular weight is 582 g/mol. The normalized spacial score (nSPS) is 13.5. The summed E-state index contributed by atoms with van der Waals surface area (Å²) in [6, 6.07) is 13.9. The van der Waals surface area contributed by atoms with Gasteiger partial charge < -0.3 is 25.4 Å². The summed E-state index contributed by atoms with van der Waals surface area (Å²) in [5.74, 6) is -0.842. The van der Waals surface area contributed by atoms with Crippen LogP contribution in [0, 0.1) is 0 Å². The number of hydrogen-bond acceptors (Lipinski definition) is 5. The molecule has 42 heavy (non-hydrogen) atoms. The van der Waals surface area contributed by atoms with Crippen LogP contribution < -0.4 is 10.6 Å². The number of benzene rings is 2. The number of phenolic OH excluding ortho intramolecular Hbond substituents is 1. The Morgan fingerprint density at radius 3 is 2.14 bits per heavy atom. The second-order valence-electron chi connectivity index (χ2n) is 12.0. The minimum Gasteiger partial charge on any atom is -0.508 e. The largest absolute Gasteiger partial charge is 0.508 e. The molecule has 0 spiro atoms. The average Bonchev–Trinajstić information content (AvgIpc) is 2.92. The van der Waals surface area contributed by atoms with Crippen molar-refractivity contribution in [2.75, 3.05) is 6.54 Å². The molecular formula is C34H51N3O5. The molecule has 0 aliphatic rings. The van der Waals surface area contributed by atoms with Crippen LogP contribution >= 0.6 is 0 Å². The summed E-state index contributed by atoms with van der Waals surface area (Å²) in [5.41, 5.74) is 0.447. The van der Waals surface area contributed by atoms with Gasteiger partial charge in [0.1, 0.15) is 23.4 Å². The van der Waals surface area contributed by atoms with Gasteiger partial charge in [-0.3, -0.25) is 9.59 Å². The van der Waals surface area contributed by atoms with Crippen molar-refractivity contribution in [3.05, 3.63) is 65.7 Å². The maximum Gasteiger partial charge on any atom is 0.408 e. The molecule has 0 fully saturated rings. The van der Waals surface area contributed by atoms with Gasteiger partial charge in [0.25, 0.3) is 0 Å². The molecule has 0 saturated heterocycles. The van der Waals surface area contributed by atoms with Crippen LogP contribution in [0.15, 0.2) is 54.6 Å². The highest BCUT2D eigenvalue weighted by molar-refractivity contribution is 5.92. The number of nitrogens with one attached hydrogen (secondary N) is 2. The van der Waals surface area contributed by atoms with Crippen LogP contribution in [0.1, 0.15) is 104 Å². The van der Waals surface area contributed by atoms with E-state index < -0.39 is 29.7 Å². The molecule has 0 heterocycles. The van der Waals surface area contributed by atoms with Crippen LogP contribution in [0.5, 0.6) is 5.75 Å². The van der Waals surface area contributed by atoms with Gasteiger partial charge in [0.2, 0.25) is 11.8 Å². The van der Waals surface area contributed by atoms with Crippen molar-refractivity contribution in [1.29, 1.82) is 0 Å². The van der Waals surface area contributed by atoms with Crippen LogP contribution in [0.2, 0.25) is 0 Å². The molecule has 8 nitrogen and oxygen atoms in total. The van der Waals surface area contributed by atoms with Crippen LogP contribution in [0.25, 0.3) is 0 Å². The highest BCUT2D eigenvalue weighted by atomic mass is 16.6. The van der Waals surface area contributed by atoms with Gasteiger partial charge in [0, 0.05) is 24.6 Å². The molecule has 0 aromatic heterocycles. The van der Waals surface area contributed by atoms with Crippen LogP contribution in [-0.2, 0) is 20.7 Å². The number of nitrogens with zero attached hydrogens (tertiary/aromatic N) is 1. The molecule has 2 aromatic rings. The molecule has 2 aromatic carbocycles. The summed E-state index contributed by atoms with van der Waals surface area (Å²) in [6.07, 6.45) is 5.93. The molecule has 3 amide bonds. The van der Waals surface area contributed by atoms with Crippen molar-refractivity contribution in [2.45, 2.75) is 117 Å². The Morgan fingerprint density at radius 2 is 1.52 bits per heavy atom. The fourth-order valence-electron chi connectivity index (χ4n) is 4.95. The van der Waals surface area contributed by atoms with Crippen molar-refractivity contribution < 1.29 is 24.2 Å². The topological polar surface area (TPSA) is 108 Å². The number of para-hydroxylation sites is 1. The highest BCUT2D eigenvalue weighted by Gasteiger charge is 2.37. The summed E-state index contributed by atoms with van der Waals surface area (Å²) >= 11 is 0. The number of hydrogen-bond donors (Lipinski definition) is 3. The number of ether oxygens (including phenoxy) is 1. The van der Waals surface area contributed by atoms with Gasteiger partial charge >= 0.3 is 6.09 Å². The third-order valence-electron chi connectivity index (χ3n) is 6.96. The molecular weight excluding hydrogens is 530 g/mol. The Balaban J connectivity index is 2.55. The third kappa shape index (κ3) is 11.7. The van der Waals surface area contributed by atoms with E-state index in [4.69, 9.17) is 4.74 Å². The summed E-state index contributed by atoms with van der Waals surface area (Å²) in [4.78, 5) is 42.9. The van der Waals surface area contributed by atoms with E-state index in [0.29, 0.717) is 18.5 Å². The standard InChI is InChI=1S/C34H51N3O5/c1-7-9-10-11-17-23-37(30(27-21-15-16-22-29(27)38)31(39)35-25(3)18-8-2)32(40)28(24-26-19-13-12-14-20-26)36-33(41)42-34(4,5)6/h12-16,19-22,25,28,30,38H,7-11,17-18,23-24H2,1-6H3,(H,35,39)(H,36,41). The van der Waals surface area contributed by atoms with E-state index in [1.807, 2.05) is 44.2 Å². The van der Waals surface area contributed by atoms with E-state index in [1.54, 1.807) is 39.0 Å². The van der Waals surface area contributed by atoms with Gasteiger partial charge in [-0.05, 0) is 52.2 Å². The molecule has 0 bridgehead atoms. The Kier molecular flexibility index (Phi) is 14.4. The van der Waals surface area contributed by atoms with Crippen molar-refractivity contribution in [3.8, 4) is 5.75 Å². The first-order valence-corrected chi connectivity index (χ1v) is 15.4. The first-order valence-electron chi connectivity index (χ1n) is 15.4. The minimum atomic E-state index is -1.08. The van der Waals surface area contributed by atoms with Crippen molar-refractivity contribution in [1.82, 2.24) is 15.5 Å². The Labute approximate surface area is 252 Å². The lowest BCUT2D eigenvalue weighted by molar-refractivity contribution is -0.143. The molecule has 8 heteroatoms. The Hall–Kier alpha value is -3.55. The van der Waals surface area contributed by atoms with Gasteiger partial charge in [0.15, 0.2) is 0 Å². The number of alkyl carbamates (subject to hydrolysis) is 1. The SMILES string of the molecule is CCCCCCCN(C(=O)C(Cc1ccccc1)NC(=O)OC(C)(C)C)C(C(=O)NC(C)CCC)c1ccccc1O. The summed E-state index contributed by atoms with van der Waals surface area (Å²) in [5, 5.41) is 16.7. The second-order valence-corrected chi connectivity index (χ2v) is 12.0. The second kappa shape index (κ2) is 17.4. The molecule has 3 unspecified atom stereocenters. The van der Waals surface area contributed by atoms with Crippen LogP contribution in [-0.4, -0.2) is 52.1 Å². The first-order chi connectivity index (χ1) is 20.0. The monoisotopic (exact) mass is 581 g/mol. The van der Waals surface area contributed by atoms with Crippen molar-refractivity contribution in [2.24, 2.45) is 0 Å². The van der Waals surface area contributed by atoms with Gasteiger partial charge in [0.05, 0.1) is 0 Å². The third-order valence-corrected chi connectivity index (χ3v) is 6.96. The number of carbonyl (C=O) groups excluding carboxylic acids is 3. The van der Waals surface area contributed by atoms with Gasteiger partial charge in [-0.25, -0.2) is 4.79 Å². The zero-order chi connectivity index (χ0) is 31.1. The first kappa shape index (κ1) is 34.7. The van der Waals surface area contributed by atoms with E-state index in [0.717, 1.165) is 44.1 Å². The molecule has 0 aliphatic carbocycles. The molecule has 232 valence electrons. The predicted octanol–water partition coefficient (Wildman–Crippen LogP) is 6.67. The van der Waals surface area contributed by atoms with Crippen molar-refractivity contribution in [3.63, 3.8) is 0 Å². The van der Waals surface area contributed by atoms with E-state index in [-0.39, 0.29) is 24.1 Å². The number of phenols is 1. The van der Waals surface area contributed by atoms with Crippen LogP contribution in [0.3, 0.4) is 0 Å². The lowest BCUT2D eigenvalue weighted by atomic mass is 9.98. The Morgan fingerprint density at radius 1 is 0.881 bits per heavy atom. The maximum atomic E-state index is 14.5. The van der Waals surface area contributed by atoms with E-state index in [9.17, 15) is 19.5 Å². The van der Waals surface area contributed by atoms with Gasteiger partial charge in [-0.2, -0.15) is 0 Å². The molecule has 0 radical (unpaired) electrons. The maximum absolute atomic E-state index is 14.5. The van der Waals surface area contributed by atoms with Gasteiger partial charge in [-0.15, -0.1) is 0 Å². The highest BCUT2D eigenvalue weighted by Crippen LogP contribution is 2.31. The molecule has 0 saturated carbocycles. The molecule has 3 N–H and O–H groups in total. The molecule has 0 aliphatic heterocycles. The number of amides is 3. The zero-order valence-electron chi connectivity index (χ0n) is 26.3.